The summed E-state index contributed by atoms with van der Waals surface area (Å²) >= 11 is 0. The Morgan fingerprint density at radius 1 is 1.50 bits per heavy atom. The van der Waals surface area contributed by atoms with Gasteiger partial charge in [0, 0.05) is 6.92 Å². The van der Waals surface area contributed by atoms with Crippen molar-refractivity contribution < 1.29 is 4.42 Å². The van der Waals surface area contributed by atoms with E-state index in [0.29, 0.717) is 23.2 Å². The van der Waals surface area contributed by atoms with Crippen molar-refractivity contribution in [3.8, 4) is 6.07 Å². The lowest BCUT2D eigenvalue weighted by atomic mass is 9.69. The van der Waals surface area contributed by atoms with E-state index in [1.807, 2.05) is 6.92 Å². The highest BCUT2D eigenvalue weighted by atomic mass is 16.4. The molecule has 0 unspecified atom stereocenters. The second-order valence-electron chi connectivity index (χ2n) is 5.45. The molecular weight excluding hydrogens is 254 g/mol. The van der Waals surface area contributed by atoms with E-state index in [1.165, 1.54) is 0 Å². The fraction of sp³-hybridized carbons (Fsp3) is 0.571. The second-order valence-corrected chi connectivity index (χ2v) is 5.45. The van der Waals surface area contributed by atoms with Gasteiger partial charge in [0.1, 0.15) is 11.5 Å². The lowest BCUT2D eigenvalue weighted by Gasteiger charge is -2.42. The average molecular weight is 273 g/mol. The quantitative estimate of drug-likeness (QED) is 0.805. The monoisotopic (exact) mass is 273 g/mol. The molecule has 106 valence electrons. The van der Waals surface area contributed by atoms with Crippen LogP contribution in [0, 0.1) is 18.3 Å². The molecule has 0 saturated carbocycles. The number of anilines is 1. The zero-order valence-electron chi connectivity index (χ0n) is 11.9. The molecule has 6 nitrogen and oxygen atoms in total. The Morgan fingerprint density at radius 3 is 2.80 bits per heavy atom. The maximum absolute atomic E-state index is 9.53. The Balaban J connectivity index is 2.09. The van der Waals surface area contributed by atoms with Gasteiger partial charge in [-0.1, -0.05) is 6.92 Å². The number of aryl methyl sites for hydroxylation is 1. The molecule has 1 aromatic rings. The number of allylic oxidation sites excluding steroid dienone is 1. The van der Waals surface area contributed by atoms with Gasteiger partial charge in [-0.25, -0.2) is 4.98 Å². The molecule has 3 rings (SSSR count). The molecule has 0 atom stereocenters. The molecule has 2 aliphatic rings. The van der Waals surface area contributed by atoms with Gasteiger partial charge in [0.05, 0.1) is 17.1 Å². The van der Waals surface area contributed by atoms with Crippen LogP contribution >= 0.6 is 0 Å². The van der Waals surface area contributed by atoms with Gasteiger partial charge in [0.2, 0.25) is 5.88 Å². The van der Waals surface area contributed by atoms with E-state index in [-0.39, 0.29) is 5.41 Å². The van der Waals surface area contributed by atoms with Gasteiger partial charge in [-0.3, -0.25) is 0 Å². The van der Waals surface area contributed by atoms with Crippen LogP contribution in [0.15, 0.2) is 15.8 Å². The van der Waals surface area contributed by atoms with Gasteiger partial charge >= 0.3 is 0 Å². The molecule has 2 aliphatic heterocycles. The van der Waals surface area contributed by atoms with Crippen molar-refractivity contribution in [3.05, 3.63) is 23.0 Å². The van der Waals surface area contributed by atoms with Gasteiger partial charge in [-0.15, -0.1) is 0 Å². The maximum atomic E-state index is 9.53. The van der Waals surface area contributed by atoms with Crippen LogP contribution in [0.2, 0.25) is 0 Å². The SMILES string of the molecule is CCN1CCC2(CC1)C(C#N)=C(N)Nc1oc(C)nc12. The Labute approximate surface area is 118 Å². The van der Waals surface area contributed by atoms with E-state index in [2.05, 4.69) is 28.2 Å². The Kier molecular flexibility index (Phi) is 2.94. The minimum Gasteiger partial charge on any atom is -0.425 e. The Hall–Kier alpha value is -2.00. The number of nitriles is 1. The predicted octanol–water partition coefficient (Wildman–Crippen LogP) is 1.46. The minimum atomic E-state index is -0.386. The highest BCUT2D eigenvalue weighted by molar-refractivity contribution is 5.61. The minimum absolute atomic E-state index is 0.386. The average Bonchev–Trinajstić information content (AvgIpc) is 2.81. The first-order valence-corrected chi connectivity index (χ1v) is 6.98. The van der Waals surface area contributed by atoms with Crippen LogP contribution in [0.4, 0.5) is 5.88 Å². The number of fused-ring (bicyclic) bond motifs is 2. The third-order valence-corrected chi connectivity index (χ3v) is 4.45. The van der Waals surface area contributed by atoms with E-state index in [1.54, 1.807) is 0 Å². The maximum Gasteiger partial charge on any atom is 0.223 e. The number of aromatic nitrogens is 1. The summed E-state index contributed by atoms with van der Waals surface area (Å²) in [5.41, 5.74) is 7.09. The number of hydrogen-bond donors (Lipinski definition) is 2. The Morgan fingerprint density at radius 2 is 2.20 bits per heavy atom. The molecule has 1 saturated heterocycles. The molecule has 1 fully saturated rings. The molecular formula is C14H19N5O. The Bertz CT molecular complexity index is 602. The van der Waals surface area contributed by atoms with Gasteiger partial charge in [-0.2, -0.15) is 5.26 Å². The standard InChI is InChI=1S/C14H19N5O/c1-3-19-6-4-14(5-7-19)10(8-15)12(16)18-13-11(14)17-9(2)20-13/h18H,3-7,16H2,1-2H3. The number of oxazole rings is 1. The molecule has 1 aromatic heterocycles. The van der Waals surface area contributed by atoms with Crippen LogP contribution in [0.5, 0.6) is 0 Å². The van der Waals surface area contributed by atoms with Gasteiger partial charge in [-0.05, 0) is 32.5 Å². The molecule has 0 bridgehead atoms. The molecule has 0 aromatic carbocycles. The van der Waals surface area contributed by atoms with E-state index in [0.717, 1.165) is 38.2 Å². The lowest BCUT2D eigenvalue weighted by Crippen LogP contribution is -2.46. The van der Waals surface area contributed by atoms with Crippen molar-refractivity contribution in [1.29, 1.82) is 5.26 Å². The largest absolute Gasteiger partial charge is 0.425 e. The number of nitrogens with two attached hydrogens (primary N) is 1. The third kappa shape index (κ3) is 1.70. The van der Waals surface area contributed by atoms with Crippen molar-refractivity contribution in [2.45, 2.75) is 32.1 Å². The number of likely N-dealkylation sites (tertiary alicyclic amines) is 1. The summed E-state index contributed by atoms with van der Waals surface area (Å²) in [4.78, 5) is 6.90. The second kappa shape index (κ2) is 4.53. The van der Waals surface area contributed by atoms with Gasteiger partial charge in [0.15, 0.2) is 5.89 Å². The van der Waals surface area contributed by atoms with Crippen LogP contribution in [-0.2, 0) is 5.41 Å². The van der Waals surface area contributed by atoms with Crippen molar-refractivity contribution in [2.24, 2.45) is 5.73 Å². The third-order valence-electron chi connectivity index (χ3n) is 4.45. The fourth-order valence-corrected chi connectivity index (χ4v) is 3.30. The normalized spacial score (nSPS) is 21.4. The van der Waals surface area contributed by atoms with E-state index >= 15 is 0 Å². The van der Waals surface area contributed by atoms with Crippen molar-refractivity contribution in [3.63, 3.8) is 0 Å². The van der Waals surface area contributed by atoms with Crippen LogP contribution in [-0.4, -0.2) is 29.5 Å². The van der Waals surface area contributed by atoms with E-state index < -0.39 is 0 Å². The summed E-state index contributed by atoms with van der Waals surface area (Å²) in [7, 11) is 0. The molecule has 0 amide bonds. The van der Waals surface area contributed by atoms with Crippen LogP contribution in [0.3, 0.4) is 0 Å². The smallest absolute Gasteiger partial charge is 0.223 e. The molecule has 6 heteroatoms. The van der Waals surface area contributed by atoms with E-state index in [9.17, 15) is 5.26 Å². The first-order chi connectivity index (χ1) is 9.60. The lowest BCUT2D eigenvalue weighted by molar-refractivity contribution is 0.183. The van der Waals surface area contributed by atoms with Gasteiger partial charge in [0.25, 0.3) is 0 Å². The number of nitrogens with zero attached hydrogens (tertiary/aromatic N) is 3. The van der Waals surface area contributed by atoms with Crippen molar-refractivity contribution >= 4 is 5.88 Å². The molecule has 3 N–H and O–H groups in total. The summed E-state index contributed by atoms with van der Waals surface area (Å²) in [5.74, 6) is 1.61. The highest BCUT2D eigenvalue weighted by Gasteiger charge is 2.47. The number of rotatable bonds is 1. The number of nitrogens with one attached hydrogen (secondary N) is 1. The molecule has 20 heavy (non-hydrogen) atoms. The van der Waals surface area contributed by atoms with Crippen LogP contribution in [0.25, 0.3) is 0 Å². The summed E-state index contributed by atoms with van der Waals surface area (Å²) in [5, 5.41) is 12.5. The summed E-state index contributed by atoms with van der Waals surface area (Å²) in [6, 6.07) is 2.29. The summed E-state index contributed by atoms with van der Waals surface area (Å²) < 4.78 is 5.59. The summed E-state index contributed by atoms with van der Waals surface area (Å²) in [6.45, 7) is 6.89. The van der Waals surface area contributed by atoms with Crippen LogP contribution in [0.1, 0.15) is 31.4 Å². The topological polar surface area (TPSA) is 91.1 Å². The number of piperidine rings is 1. The van der Waals surface area contributed by atoms with Gasteiger partial charge < -0.3 is 20.4 Å². The molecule has 0 aliphatic carbocycles. The van der Waals surface area contributed by atoms with E-state index in [4.69, 9.17) is 10.2 Å². The summed E-state index contributed by atoms with van der Waals surface area (Å²) in [6.07, 6.45) is 1.70. The van der Waals surface area contributed by atoms with Crippen molar-refractivity contribution in [2.75, 3.05) is 25.0 Å². The van der Waals surface area contributed by atoms with Crippen LogP contribution < -0.4 is 11.1 Å². The molecule has 3 heterocycles. The molecule has 0 radical (unpaired) electrons. The van der Waals surface area contributed by atoms with Crippen molar-refractivity contribution in [1.82, 2.24) is 9.88 Å². The molecule has 1 spiro atoms. The first-order valence-electron chi connectivity index (χ1n) is 6.98. The highest BCUT2D eigenvalue weighted by Crippen LogP contribution is 2.47. The number of hydrogen-bond acceptors (Lipinski definition) is 6. The predicted molar refractivity (Wildman–Crippen MR) is 74.7 cm³/mol. The zero-order chi connectivity index (χ0) is 14.3. The first kappa shape index (κ1) is 13.0. The fourth-order valence-electron chi connectivity index (χ4n) is 3.30. The zero-order valence-corrected chi connectivity index (χ0v) is 11.9.